The Morgan fingerprint density at radius 1 is 1.00 bits per heavy atom. The van der Waals surface area contributed by atoms with Crippen LogP contribution in [-0.4, -0.2) is 45.8 Å². The van der Waals surface area contributed by atoms with Gasteiger partial charge in [-0.15, -0.1) is 0 Å². The van der Waals surface area contributed by atoms with Gasteiger partial charge in [0.2, 0.25) is 5.75 Å². The number of esters is 1. The molecule has 0 saturated carbocycles. The zero-order valence-corrected chi connectivity index (χ0v) is 14.7. The van der Waals surface area contributed by atoms with Crippen molar-refractivity contribution in [1.82, 2.24) is 0 Å². The van der Waals surface area contributed by atoms with Crippen LogP contribution in [0.5, 0.6) is 23.0 Å². The Morgan fingerprint density at radius 3 is 2.44 bits per heavy atom. The normalized spacial score (nSPS) is 12.3. The summed E-state index contributed by atoms with van der Waals surface area (Å²) in [6, 6.07) is 6.65. The van der Waals surface area contributed by atoms with E-state index >= 15 is 0 Å². The minimum atomic E-state index is -0.743. The van der Waals surface area contributed by atoms with Crippen LogP contribution < -0.4 is 18.9 Å². The number of methoxy groups -OCH3 is 2. The highest BCUT2D eigenvalue weighted by molar-refractivity contribution is 5.99. The molecule has 1 aliphatic heterocycles. The summed E-state index contributed by atoms with van der Waals surface area (Å²) in [5.41, 5.74) is 0.214. The SMILES string of the molecule is COc1ccc(C(=O)COC(=O)c2cc(OC)c3c(c2)OCCO3)cc1F. The minimum absolute atomic E-state index is 0.0203. The number of Topliss-reactive ketones (excluding diaryl/α,β-unsaturated/α-hetero) is 1. The van der Waals surface area contributed by atoms with Gasteiger partial charge in [0.05, 0.1) is 19.8 Å². The maximum atomic E-state index is 13.7. The molecule has 0 atom stereocenters. The van der Waals surface area contributed by atoms with Crippen molar-refractivity contribution in [1.29, 1.82) is 0 Å². The molecule has 0 unspecified atom stereocenters. The van der Waals surface area contributed by atoms with Crippen LogP contribution in [0.25, 0.3) is 0 Å². The number of carbonyl (C=O) groups is 2. The molecule has 7 nitrogen and oxygen atoms in total. The summed E-state index contributed by atoms with van der Waals surface area (Å²) >= 11 is 0. The molecule has 2 aromatic rings. The number of rotatable bonds is 6. The van der Waals surface area contributed by atoms with E-state index in [4.69, 9.17) is 23.7 Å². The van der Waals surface area contributed by atoms with Crippen LogP contribution in [0, 0.1) is 5.82 Å². The Balaban J connectivity index is 1.70. The van der Waals surface area contributed by atoms with Crippen LogP contribution in [0.1, 0.15) is 20.7 Å². The molecule has 0 aliphatic carbocycles. The summed E-state index contributed by atoms with van der Waals surface area (Å²) in [6.45, 7) is 0.178. The summed E-state index contributed by atoms with van der Waals surface area (Å²) < 4.78 is 39.6. The van der Waals surface area contributed by atoms with Crippen molar-refractivity contribution in [3.05, 3.63) is 47.3 Å². The van der Waals surface area contributed by atoms with Crippen molar-refractivity contribution in [3.63, 3.8) is 0 Å². The molecule has 0 bridgehead atoms. The number of ether oxygens (including phenoxy) is 5. The first-order valence-electron chi connectivity index (χ1n) is 8.05. The Morgan fingerprint density at radius 2 is 1.74 bits per heavy atom. The molecule has 27 heavy (non-hydrogen) atoms. The van der Waals surface area contributed by atoms with Crippen molar-refractivity contribution >= 4 is 11.8 Å². The van der Waals surface area contributed by atoms with Gasteiger partial charge < -0.3 is 23.7 Å². The van der Waals surface area contributed by atoms with Crippen molar-refractivity contribution in [2.24, 2.45) is 0 Å². The molecule has 0 aromatic heterocycles. The number of hydrogen-bond acceptors (Lipinski definition) is 7. The van der Waals surface area contributed by atoms with E-state index in [0.717, 1.165) is 6.07 Å². The molecule has 142 valence electrons. The third-order valence-corrected chi connectivity index (χ3v) is 3.87. The van der Waals surface area contributed by atoms with Gasteiger partial charge in [0, 0.05) is 5.56 Å². The zero-order chi connectivity index (χ0) is 19.4. The van der Waals surface area contributed by atoms with Crippen LogP contribution in [0.4, 0.5) is 4.39 Å². The molecular weight excluding hydrogens is 359 g/mol. The first-order valence-corrected chi connectivity index (χ1v) is 8.05. The molecule has 0 radical (unpaired) electrons. The molecule has 0 saturated heterocycles. The maximum Gasteiger partial charge on any atom is 0.338 e. The lowest BCUT2D eigenvalue weighted by atomic mass is 10.1. The minimum Gasteiger partial charge on any atom is -0.494 e. The van der Waals surface area contributed by atoms with Gasteiger partial charge >= 0.3 is 5.97 Å². The van der Waals surface area contributed by atoms with Crippen LogP contribution >= 0.6 is 0 Å². The van der Waals surface area contributed by atoms with Gasteiger partial charge in [0.15, 0.2) is 35.5 Å². The number of ketones is 1. The second-order valence-corrected chi connectivity index (χ2v) is 5.55. The van der Waals surface area contributed by atoms with E-state index in [0.29, 0.717) is 30.5 Å². The van der Waals surface area contributed by atoms with Gasteiger partial charge in [0.1, 0.15) is 13.2 Å². The summed E-state index contributed by atoms with van der Waals surface area (Å²) in [4.78, 5) is 24.4. The standard InChI is InChI=1S/C19H17FO7/c1-23-15-4-3-11(7-13(15)20)14(21)10-27-19(22)12-8-16(24-2)18-17(9-12)25-5-6-26-18/h3-4,7-9H,5-6,10H2,1-2H3. The lowest BCUT2D eigenvalue weighted by Gasteiger charge is -2.21. The number of benzene rings is 2. The van der Waals surface area contributed by atoms with Crippen LogP contribution in [0.3, 0.4) is 0 Å². The highest BCUT2D eigenvalue weighted by atomic mass is 19.1. The lowest BCUT2D eigenvalue weighted by molar-refractivity contribution is 0.0473. The van der Waals surface area contributed by atoms with Gasteiger partial charge in [-0.3, -0.25) is 4.79 Å². The first kappa shape index (κ1) is 18.5. The predicted molar refractivity (Wildman–Crippen MR) is 91.5 cm³/mol. The molecule has 1 aliphatic rings. The molecular formula is C19H17FO7. The fraction of sp³-hybridized carbons (Fsp3) is 0.263. The van der Waals surface area contributed by atoms with Gasteiger partial charge in [-0.2, -0.15) is 0 Å². The predicted octanol–water partition coefficient (Wildman–Crippen LogP) is 2.65. The molecule has 0 fully saturated rings. The highest BCUT2D eigenvalue weighted by Crippen LogP contribution is 2.40. The largest absolute Gasteiger partial charge is 0.494 e. The summed E-state index contributed by atoms with van der Waals surface area (Å²) in [5.74, 6) is -0.857. The number of halogens is 1. The van der Waals surface area contributed by atoms with Gasteiger partial charge in [-0.25, -0.2) is 9.18 Å². The molecule has 8 heteroatoms. The van der Waals surface area contributed by atoms with Crippen LogP contribution in [0.15, 0.2) is 30.3 Å². The zero-order valence-electron chi connectivity index (χ0n) is 14.7. The van der Waals surface area contributed by atoms with E-state index in [9.17, 15) is 14.0 Å². The van der Waals surface area contributed by atoms with E-state index in [2.05, 4.69) is 0 Å². The Kier molecular flexibility index (Phi) is 5.44. The molecule has 2 aromatic carbocycles. The van der Waals surface area contributed by atoms with Gasteiger partial charge in [0.25, 0.3) is 0 Å². The van der Waals surface area contributed by atoms with E-state index in [1.807, 2.05) is 0 Å². The quantitative estimate of drug-likeness (QED) is 0.566. The van der Waals surface area contributed by atoms with Crippen molar-refractivity contribution in [2.75, 3.05) is 34.0 Å². The summed E-state index contributed by atoms with van der Waals surface area (Å²) in [6.07, 6.45) is 0. The van der Waals surface area contributed by atoms with Crippen molar-refractivity contribution < 1.29 is 37.7 Å². The van der Waals surface area contributed by atoms with Crippen molar-refractivity contribution in [2.45, 2.75) is 0 Å². The highest BCUT2D eigenvalue weighted by Gasteiger charge is 2.22. The monoisotopic (exact) mass is 376 g/mol. The fourth-order valence-corrected chi connectivity index (χ4v) is 2.53. The third kappa shape index (κ3) is 3.94. The van der Waals surface area contributed by atoms with Gasteiger partial charge in [-0.1, -0.05) is 0 Å². The average molecular weight is 376 g/mol. The van der Waals surface area contributed by atoms with E-state index < -0.39 is 24.2 Å². The second kappa shape index (κ2) is 7.94. The van der Waals surface area contributed by atoms with E-state index in [1.54, 1.807) is 0 Å². The van der Waals surface area contributed by atoms with Gasteiger partial charge in [-0.05, 0) is 30.3 Å². The Labute approximate surface area is 154 Å². The van der Waals surface area contributed by atoms with E-state index in [-0.39, 0.29) is 16.9 Å². The third-order valence-electron chi connectivity index (χ3n) is 3.87. The molecule has 0 amide bonds. The number of carbonyl (C=O) groups excluding carboxylic acids is 2. The second-order valence-electron chi connectivity index (χ2n) is 5.55. The van der Waals surface area contributed by atoms with Crippen LogP contribution in [0.2, 0.25) is 0 Å². The lowest BCUT2D eigenvalue weighted by Crippen LogP contribution is -2.18. The molecule has 1 heterocycles. The van der Waals surface area contributed by atoms with Crippen molar-refractivity contribution in [3.8, 4) is 23.0 Å². The number of fused-ring (bicyclic) bond motifs is 1. The Hall–Kier alpha value is -3.29. The first-order chi connectivity index (χ1) is 13.0. The summed E-state index contributed by atoms with van der Waals surface area (Å²) in [7, 11) is 2.76. The van der Waals surface area contributed by atoms with Crippen LogP contribution in [-0.2, 0) is 4.74 Å². The molecule has 0 N–H and O–H groups in total. The summed E-state index contributed by atoms with van der Waals surface area (Å²) in [5, 5.41) is 0. The average Bonchev–Trinajstić information content (AvgIpc) is 2.70. The molecule has 0 spiro atoms. The number of hydrogen-bond donors (Lipinski definition) is 0. The topological polar surface area (TPSA) is 80.3 Å². The smallest absolute Gasteiger partial charge is 0.338 e. The van der Waals surface area contributed by atoms with E-state index in [1.165, 1.54) is 38.5 Å². The fourth-order valence-electron chi connectivity index (χ4n) is 2.53. The molecule has 3 rings (SSSR count). The Bertz CT molecular complexity index is 861. The maximum absolute atomic E-state index is 13.7.